The highest BCUT2D eigenvalue weighted by molar-refractivity contribution is 5.71. The molecule has 0 radical (unpaired) electrons. The largest absolute Gasteiger partial charge is 0.481 e. The lowest BCUT2D eigenvalue weighted by atomic mass is 9.91. The van der Waals surface area contributed by atoms with Gasteiger partial charge in [0.05, 0.1) is 5.92 Å². The molecule has 12 heteroatoms. The normalized spacial score (nSPS) is 11.5. The molecule has 0 rings (SSSR count). The van der Waals surface area contributed by atoms with Crippen LogP contribution in [0.4, 0.5) is 0 Å². The predicted octanol–water partition coefficient (Wildman–Crippen LogP) is 1.83. The molecule has 0 fully saturated rings. The number of carbonyl (C=O) groups is 4. The highest BCUT2D eigenvalue weighted by Gasteiger charge is 2.24. The molecule has 0 amide bonds. The molecule has 0 saturated carbocycles. The summed E-state index contributed by atoms with van der Waals surface area (Å²) in [6.07, 6.45) is 5.05. The third-order valence-electron chi connectivity index (χ3n) is 4.01. The van der Waals surface area contributed by atoms with E-state index in [0.717, 1.165) is 19.3 Å². The number of hydrogen-bond acceptors (Lipinski definition) is 8. The summed E-state index contributed by atoms with van der Waals surface area (Å²) in [5.41, 5.74) is 11.2. The Labute approximate surface area is 177 Å². The minimum atomic E-state index is -0.938. The average molecular weight is 441 g/mol. The van der Waals surface area contributed by atoms with Crippen LogP contribution in [-0.4, -0.2) is 56.9 Å². The SMILES string of the molecule is N.N.NCCCCCC(N)C(CCCC(=O)O)C(=O)O.O=C(O)CCCCC(=O)O. The minimum absolute atomic E-state index is 0. The molecule has 0 bridgehead atoms. The van der Waals surface area contributed by atoms with Gasteiger partial charge in [-0.1, -0.05) is 12.8 Å². The molecule has 30 heavy (non-hydrogen) atoms. The van der Waals surface area contributed by atoms with E-state index >= 15 is 0 Å². The molecular weight excluding hydrogens is 400 g/mol. The second-order valence-electron chi connectivity index (χ2n) is 6.53. The van der Waals surface area contributed by atoms with Crippen molar-refractivity contribution >= 4 is 23.9 Å². The molecule has 0 aliphatic carbocycles. The monoisotopic (exact) mass is 440 g/mol. The number of nitrogens with two attached hydrogens (primary N) is 2. The Kier molecular flexibility index (Phi) is 27.0. The molecule has 0 aromatic rings. The fourth-order valence-electron chi connectivity index (χ4n) is 2.45. The van der Waals surface area contributed by atoms with Crippen molar-refractivity contribution in [3.63, 3.8) is 0 Å². The Balaban J connectivity index is -0.000000243. The molecule has 0 saturated heterocycles. The van der Waals surface area contributed by atoms with Crippen molar-refractivity contribution in [2.45, 2.75) is 76.7 Å². The Morgan fingerprint density at radius 1 is 0.633 bits per heavy atom. The van der Waals surface area contributed by atoms with Gasteiger partial charge in [0.25, 0.3) is 0 Å². The first-order valence-corrected chi connectivity index (χ1v) is 9.45. The number of aliphatic carboxylic acids is 4. The third kappa shape index (κ3) is 25.7. The standard InChI is InChI=1S/C12H24N2O4.C6H10O4.2H3N/c13-8-3-1-2-6-10(14)9(12(17)18)5-4-7-11(15)16;7-5(8)3-1-2-4-6(9)10;;/h9-10H,1-8,13-14H2,(H,15,16)(H,17,18);1-4H2,(H,7,8)(H,9,10);2*1H3. The van der Waals surface area contributed by atoms with Gasteiger partial charge in [0, 0.05) is 25.3 Å². The zero-order valence-electron chi connectivity index (χ0n) is 17.6. The maximum atomic E-state index is 11.1. The van der Waals surface area contributed by atoms with E-state index in [1.165, 1.54) is 0 Å². The van der Waals surface area contributed by atoms with Crippen molar-refractivity contribution in [1.29, 1.82) is 0 Å². The fraction of sp³-hybridized carbons (Fsp3) is 0.778. The van der Waals surface area contributed by atoms with E-state index in [9.17, 15) is 19.2 Å². The second-order valence-corrected chi connectivity index (χ2v) is 6.53. The van der Waals surface area contributed by atoms with Gasteiger partial charge in [0.2, 0.25) is 0 Å². The number of hydrogen-bond donors (Lipinski definition) is 8. The van der Waals surface area contributed by atoms with Crippen LogP contribution >= 0.6 is 0 Å². The van der Waals surface area contributed by atoms with Crippen LogP contribution in [0.2, 0.25) is 0 Å². The molecule has 0 aliphatic rings. The van der Waals surface area contributed by atoms with Gasteiger partial charge in [-0.2, -0.15) is 0 Å². The number of carboxylic acids is 4. The Hall–Kier alpha value is -2.28. The van der Waals surface area contributed by atoms with E-state index in [2.05, 4.69) is 0 Å². The van der Waals surface area contributed by atoms with Crippen LogP contribution in [0.5, 0.6) is 0 Å². The van der Waals surface area contributed by atoms with Crippen molar-refractivity contribution in [2.24, 2.45) is 17.4 Å². The summed E-state index contributed by atoms with van der Waals surface area (Å²) in [5.74, 6) is -4.24. The summed E-state index contributed by atoms with van der Waals surface area (Å²) in [4.78, 5) is 41.2. The zero-order chi connectivity index (χ0) is 21.9. The smallest absolute Gasteiger partial charge is 0.308 e. The van der Waals surface area contributed by atoms with Gasteiger partial charge < -0.3 is 44.2 Å². The van der Waals surface area contributed by atoms with Crippen LogP contribution in [0, 0.1) is 5.92 Å². The molecule has 2 unspecified atom stereocenters. The topological polar surface area (TPSA) is 271 Å². The van der Waals surface area contributed by atoms with E-state index in [1.807, 2.05) is 0 Å². The number of unbranched alkanes of at least 4 members (excludes halogenated alkanes) is 3. The van der Waals surface area contributed by atoms with Gasteiger partial charge in [-0.3, -0.25) is 19.2 Å². The van der Waals surface area contributed by atoms with Crippen molar-refractivity contribution in [1.82, 2.24) is 12.3 Å². The Morgan fingerprint density at radius 3 is 1.43 bits per heavy atom. The van der Waals surface area contributed by atoms with Gasteiger partial charge in [-0.25, -0.2) is 0 Å². The minimum Gasteiger partial charge on any atom is -0.481 e. The molecule has 0 aromatic carbocycles. The molecule has 0 aliphatic heterocycles. The molecular formula is C18H40N4O8. The maximum Gasteiger partial charge on any atom is 0.308 e. The molecule has 0 heterocycles. The van der Waals surface area contributed by atoms with Gasteiger partial charge in [0.15, 0.2) is 0 Å². The van der Waals surface area contributed by atoms with Crippen LogP contribution in [0.25, 0.3) is 0 Å². The number of rotatable bonds is 16. The summed E-state index contributed by atoms with van der Waals surface area (Å²) >= 11 is 0. The quantitative estimate of drug-likeness (QED) is 0.159. The average Bonchev–Trinajstić information content (AvgIpc) is 2.59. The van der Waals surface area contributed by atoms with Gasteiger partial charge >= 0.3 is 23.9 Å². The van der Waals surface area contributed by atoms with Crippen LogP contribution in [-0.2, 0) is 19.2 Å². The summed E-state index contributed by atoms with van der Waals surface area (Å²) in [6.45, 7) is 0.635. The van der Waals surface area contributed by atoms with E-state index in [4.69, 9.17) is 31.9 Å². The van der Waals surface area contributed by atoms with Crippen LogP contribution < -0.4 is 23.8 Å². The first-order chi connectivity index (χ1) is 13.1. The fourth-order valence-corrected chi connectivity index (χ4v) is 2.45. The van der Waals surface area contributed by atoms with E-state index in [-0.39, 0.29) is 31.6 Å². The zero-order valence-corrected chi connectivity index (χ0v) is 17.6. The maximum absolute atomic E-state index is 11.1. The highest BCUT2D eigenvalue weighted by Crippen LogP contribution is 2.17. The van der Waals surface area contributed by atoms with Gasteiger partial charge in [-0.05, 0) is 45.1 Å². The highest BCUT2D eigenvalue weighted by atomic mass is 16.4. The first kappa shape index (κ1) is 35.2. The second kappa shape index (κ2) is 23.0. The Bertz CT molecular complexity index is 461. The first-order valence-electron chi connectivity index (χ1n) is 9.45. The van der Waals surface area contributed by atoms with Gasteiger partial charge in [-0.15, -0.1) is 0 Å². The summed E-state index contributed by atoms with van der Waals surface area (Å²) < 4.78 is 0. The summed E-state index contributed by atoms with van der Waals surface area (Å²) in [7, 11) is 0. The van der Waals surface area contributed by atoms with Crippen LogP contribution in [0.15, 0.2) is 0 Å². The van der Waals surface area contributed by atoms with Crippen LogP contribution in [0.3, 0.4) is 0 Å². The molecule has 0 aromatic heterocycles. The number of carboxylic acid groups (broad SMARTS) is 4. The van der Waals surface area contributed by atoms with Crippen molar-refractivity contribution in [3.05, 3.63) is 0 Å². The molecule has 2 atom stereocenters. The summed E-state index contributed by atoms with van der Waals surface area (Å²) in [5, 5.41) is 33.8. The lowest BCUT2D eigenvalue weighted by Gasteiger charge is -2.19. The predicted molar refractivity (Wildman–Crippen MR) is 112 cm³/mol. The lowest BCUT2D eigenvalue weighted by molar-refractivity contribution is -0.143. The summed E-state index contributed by atoms with van der Waals surface area (Å²) in [6, 6.07) is -0.408. The van der Waals surface area contributed by atoms with Crippen molar-refractivity contribution in [3.8, 4) is 0 Å². The van der Waals surface area contributed by atoms with E-state index in [1.54, 1.807) is 0 Å². The van der Waals surface area contributed by atoms with Crippen molar-refractivity contribution < 1.29 is 39.6 Å². The molecule has 180 valence electrons. The van der Waals surface area contributed by atoms with Gasteiger partial charge in [0.1, 0.15) is 0 Å². The third-order valence-corrected chi connectivity index (χ3v) is 4.01. The van der Waals surface area contributed by atoms with E-state index < -0.39 is 35.8 Å². The molecule has 0 spiro atoms. The van der Waals surface area contributed by atoms with E-state index in [0.29, 0.717) is 38.6 Å². The Morgan fingerprint density at radius 2 is 1.07 bits per heavy atom. The van der Waals surface area contributed by atoms with Crippen LogP contribution in [0.1, 0.15) is 70.6 Å². The van der Waals surface area contributed by atoms with Crippen molar-refractivity contribution in [2.75, 3.05) is 6.54 Å². The molecule has 12 nitrogen and oxygen atoms in total. The molecule has 14 N–H and O–H groups in total. The lowest BCUT2D eigenvalue weighted by Crippen LogP contribution is -2.35.